The van der Waals surface area contributed by atoms with Crippen LogP contribution in [0, 0.1) is 0 Å². The normalized spacial score (nSPS) is 13.3. The highest BCUT2D eigenvalue weighted by molar-refractivity contribution is 6.76. The van der Waals surface area contributed by atoms with E-state index in [1.165, 1.54) is 17.2 Å². The van der Waals surface area contributed by atoms with E-state index in [4.69, 9.17) is 0 Å². The fraction of sp³-hybridized carbons (Fsp3) is 0.364. The summed E-state index contributed by atoms with van der Waals surface area (Å²) in [6, 6.07) is 23.2. The summed E-state index contributed by atoms with van der Waals surface area (Å²) >= 11 is 0. The van der Waals surface area contributed by atoms with Crippen LogP contribution in [0.1, 0.15) is 17.5 Å². The minimum Gasteiger partial charge on any atom is -0.309 e. The minimum absolute atomic E-state index is 0.477. The molecule has 2 aromatic rings. The maximum atomic E-state index is 3.74. The maximum absolute atomic E-state index is 3.74. The van der Waals surface area contributed by atoms with Gasteiger partial charge < -0.3 is 5.32 Å². The molecule has 0 radical (unpaired) electrons. The smallest absolute Gasteiger partial charge is 0.0480 e. The molecule has 128 valence electrons. The Kier molecular flexibility index (Phi) is 7.48. The number of allylic oxidation sites excluding steroid dienone is 1. The molecule has 0 saturated heterocycles. The molecule has 0 amide bonds. The first kappa shape index (κ1) is 18.7. The zero-order chi connectivity index (χ0) is 17.3. The van der Waals surface area contributed by atoms with E-state index in [1.54, 1.807) is 0 Å². The highest BCUT2D eigenvalue weighted by atomic mass is 28.3. The van der Waals surface area contributed by atoms with E-state index in [0.29, 0.717) is 6.04 Å². The van der Waals surface area contributed by atoms with Crippen molar-refractivity contribution in [1.82, 2.24) is 5.32 Å². The van der Waals surface area contributed by atoms with Crippen molar-refractivity contribution < 1.29 is 0 Å². The molecular weight excluding hydrogens is 306 g/mol. The summed E-state index contributed by atoms with van der Waals surface area (Å²) in [6.07, 6.45) is 6.94. The summed E-state index contributed by atoms with van der Waals surface area (Å²) in [5.74, 6) is 0. The monoisotopic (exact) mass is 337 g/mol. The van der Waals surface area contributed by atoms with Gasteiger partial charge in [0.25, 0.3) is 0 Å². The second kappa shape index (κ2) is 9.60. The Morgan fingerprint density at radius 2 is 1.42 bits per heavy atom. The lowest BCUT2D eigenvalue weighted by atomic mass is 10.0. The van der Waals surface area contributed by atoms with E-state index < -0.39 is 8.07 Å². The summed E-state index contributed by atoms with van der Waals surface area (Å²) in [5, 5.41) is 3.74. The fourth-order valence-electron chi connectivity index (χ4n) is 2.69. The first-order valence-corrected chi connectivity index (χ1v) is 12.7. The highest BCUT2D eigenvalue weighted by Crippen LogP contribution is 2.11. The van der Waals surface area contributed by atoms with Crippen molar-refractivity contribution in [3.63, 3.8) is 0 Å². The number of nitrogens with one attached hydrogen (secondary N) is 1. The summed E-state index contributed by atoms with van der Waals surface area (Å²) in [6.45, 7) is 8.20. The van der Waals surface area contributed by atoms with E-state index >= 15 is 0 Å². The van der Waals surface area contributed by atoms with Crippen molar-refractivity contribution in [2.45, 2.75) is 51.1 Å². The van der Waals surface area contributed by atoms with Gasteiger partial charge in [0.05, 0.1) is 0 Å². The van der Waals surface area contributed by atoms with Gasteiger partial charge in [-0.15, -0.1) is 0 Å². The third-order valence-electron chi connectivity index (χ3n) is 4.08. The average molecular weight is 338 g/mol. The van der Waals surface area contributed by atoms with Gasteiger partial charge in [0.15, 0.2) is 0 Å². The summed E-state index contributed by atoms with van der Waals surface area (Å²) in [4.78, 5) is 0. The van der Waals surface area contributed by atoms with Crippen molar-refractivity contribution >= 4 is 8.07 Å². The second-order valence-electron chi connectivity index (χ2n) is 7.73. The first-order valence-electron chi connectivity index (χ1n) is 8.99. The van der Waals surface area contributed by atoms with Crippen molar-refractivity contribution in [3.05, 3.63) is 83.9 Å². The largest absolute Gasteiger partial charge is 0.309 e. The van der Waals surface area contributed by atoms with Gasteiger partial charge in [-0.2, -0.15) is 0 Å². The first-order chi connectivity index (χ1) is 11.5. The summed E-state index contributed by atoms with van der Waals surface area (Å²) in [7, 11) is -0.982. The molecule has 24 heavy (non-hydrogen) atoms. The van der Waals surface area contributed by atoms with Gasteiger partial charge in [-0.3, -0.25) is 0 Å². The van der Waals surface area contributed by atoms with Crippen molar-refractivity contribution in [1.29, 1.82) is 0 Å². The number of benzene rings is 2. The lowest BCUT2D eigenvalue weighted by Crippen LogP contribution is -2.30. The molecule has 1 nitrogen and oxygen atoms in total. The molecule has 0 bridgehead atoms. The van der Waals surface area contributed by atoms with Gasteiger partial charge in [0.2, 0.25) is 0 Å². The van der Waals surface area contributed by atoms with Gasteiger partial charge in [-0.25, -0.2) is 0 Å². The van der Waals surface area contributed by atoms with Crippen LogP contribution < -0.4 is 5.32 Å². The molecule has 0 aliphatic rings. The van der Waals surface area contributed by atoms with Crippen molar-refractivity contribution in [2.24, 2.45) is 0 Å². The molecule has 2 heteroatoms. The van der Waals surface area contributed by atoms with Crippen molar-refractivity contribution in [2.75, 3.05) is 0 Å². The Morgan fingerprint density at radius 1 is 0.833 bits per heavy atom. The zero-order valence-corrected chi connectivity index (χ0v) is 16.3. The predicted molar refractivity (Wildman–Crippen MR) is 109 cm³/mol. The molecule has 2 rings (SSSR count). The van der Waals surface area contributed by atoms with Crippen LogP contribution in [0.5, 0.6) is 0 Å². The molecular formula is C22H31NSi. The van der Waals surface area contributed by atoms with Crippen LogP contribution in [0.15, 0.2) is 72.8 Å². The molecule has 2 aromatic carbocycles. The van der Waals surface area contributed by atoms with Crippen LogP contribution in [-0.2, 0) is 13.0 Å². The standard InChI is InChI=1S/C22H31NSi/c1-24(2,3)17-11-10-16-22(18-20-12-6-4-7-13-20)23-19-21-14-8-5-9-15-21/h4-15,22-23H,16-19H2,1-3H3/b11-10-. The lowest BCUT2D eigenvalue weighted by Gasteiger charge is -2.18. The van der Waals surface area contributed by atoms with Crippen LogP contribution in [0.25, 0.3) is 0 Å². The Balaban J connectivity index is 1.92. The van der Waals surface area contributed by atoms with Crippen LogP contribution in [-0.4, -0.2) is 14.1 Å². The summed E-state index contributed by atoms with van der Waals surface area (Å²) in [5.41, 5.74) is 2.75. The number of hydrogen-bond acceptors (Lipinski definition) is 1. The maximum Gasteiger partial charge on any atom is 0.0480 e. The van der Waals surface area contributed by atoms with E-state index in [0.717, 1.165) is 19.4 Å². The Bertz CT molecular complexity index is 599. The van der Waals surface area contributed by atoms with Gasteiger partial charge in [0, 0.05) is 20.7 Å². The Labute approximate surface area is 148 Å². The molecule has 0 saturated carbocycles. The molecule has 0 spiro atoms. The number of rotatable bonds is 9. The van der Waals surface area contributed by atoms with Crippen LogP contribution in [0.3, 0.4) is 0 Å². The third-order valence-corrected chi connectivity index (χ3v) is 5.54. The van der Waals surface area contributed by atoms with Crippen LogP contribution in [0.4, 0.5) is 0 Å². The minimum atomic E-state index is -0.982. The van der Waals surface area contributed by atoms with Crippen LogP contribution >= 0.6 is 0 Å². The third kappa shape index (κ3) is 7.76. The van der Waals surface area contributed by atoms with E-state index in [1.807, 2.05) is 0 Å². The molecule has 0 aromatic heterocycles. The van der Waals surface area contributed by atoms with E-state index in [9.17, 15) is 0 Å². The van der Waals surface area contributed by atoms with Crippen LogP contribution in [0.2, 0.25) is 25.7 Å². The quantitative estimate of drug-likeness (QED) is 0.459. The molecule has 0 heterocycles. The highest BCUT2D eigenvalue weighted by Gasteiger charge is 2.11. The Morgan fingerprint density at radius 3 is 2.00 bits per heavy atom. The van der Waals surface area contributed by atoms with Gasteiger partial charge in [-0.05, 0) is 30.0 Å². The predicted octanol–water partition coefficient (Wildman–Crippen LogP) is 5.67. The molecule has 1 unspecified atom stereocenters. The van der Waals surface area contributed by atoms with Gasteiger partial charge in [0.1, 0.15) is 0 Å². The van der Waals surface area contributed by atoms with Gasteiger partial charge >= 0.3 is 0 Å². The van der Waals surface area contributed by atoms with E-state index in [-0.39, 0.29) is 0 Å². The topological polar surface area (TPSA) is 12.0 Å². The number of hydrogen-bond donors (Lipinski definition) is 1. The fourth-order valence-corrected chi connectivity index (χ4v) is 3.57. The van der Waals surface area contributed by atoms with Gasteiger partial charge in [-0.1, -0.05) is 92.5 Å². The molecule has 0 fully saturated rings. The SMILES string of the molecule is C[Si](C)(C)C/C=C\CC(Cc1ccccc1)NCc1ccccc1. The lowest BCUT2D eigenvalue weighted by molar-refractivity contribution is 0.512. The zero-order valence-electron chi connectivity index (χ0n) is 15.3. The Hall–Kier alpha value is -1.64. The van der Waals surface area contributed by atoms with E-state index in [2.05, 4.69) is 97.8 Å². The molecule has 1 atom stereocenters. The second-order valence-corrected chi connectivity index (χ2v) is 13.3. The molecule has 0 aliphatic heterocycles. The molecule has 0 aliphatic carbocycles. The molecule has 1 N–H and O–H groups in total. The van der Waals surface area contributed by atoms with Crippen molar-refractivity contribution in [3.8, 4) is 0 Å². The average Bonchev–Trinajstić information content (AvgIpc) is 2.57. The summed E-state index contributed by atoms with van der Waals surface area (Å²) < 4.78 is 0.